The predicted octanol–water partition coefficient (Wildman–Crippen LogP) is 1.99. The summed E-state index contributed by atoms with van der Waals surface area (Å²) >= 11 is 0. The fourth-order valence-electron chi connectivity index (χ4n) is 2.03. The number of rotatable bonds is 0. The summed E-state index contributed by atoms with van der Waals surface area (Å²) in [5.41, 5.74) is 2.90. The van der Waals surface area contributed by atoms with Gasteiger partial charge < -0.3 is 0 Å². The Hall–Kier alpha value is -0.790. The Morgan fingerprint density at radius 1 is 1.08 bits per heavy atom. The van der Waals surface area contributed by atoms with E-state index in [9.17, 15) is 0 Å². The molecule has 1 heterocycles. The summed E-state index contributed by atoms with van der Waals surface area (Å²) in [6, 6.07) is 0. The van der Waals surface area contributed by atoms with Gasteiger partial charge in [-0.15, -0.1) is 0 Å². The highest BCUT2D eigenvalue weighted by Gasteiger charge is 2.28. The average Bonchev–Trinajstić information content (AvgIpc) is 2.14. The van der Waals surface area contributed by atoms with E-state index in [1.807, 2.05) is 0 Å². The van der Waals surface area contributed by atoms with Crippen LogP contribution >= 0.6 is 0 Å². The molecule has 0 radical (unpaired) electrons. The van der Waals surface area contributed by atoms with Crippen LogP contribution in [0.3, 0.4) is 0 Å². The lowest BCUT2D eigenvalue weighted by Crippen LogP contribution is -2.35. The zero-order chi connectivity index (χ0) is 10.4. The first-order valence-electron chi connectivity index (χ1n) is 4.82. The Kier molecular flexibility index (Phi) is 2.27. The van der Waals surface area contributed by atoms with Crippen molar-refractivity contribution in [2.75, 3.05) is 0 Å². The van der Waals surface area contributed by atoms with E-state index in [1.54, 1.807) is 0 Å². The van der Waals surface area contributed by atoms with E-state index in [0.717, 1.165) is 0 Å². The molecule has 0 saturated heterocycles. The molecule has 0 N–H and O–H groups in total. The standard InChI is InChI=1S/C11H21N2/c1-8-9(2)13(11(4,5)6)10(3)12(8)7/h1-7H3/q+1. The first-order chi connectivity index (χ1) is 5.76. The largest absolute Gasteiger partial charge is 0.253 e. The highest BCUT2D eigenvalue weighted by Crippen LogP contribution is 2.19. The molecule has 0 aliphatic rings. The highest BCUT2D eigenvalue weighted by molar-refractivity contribution is 5.09. The summed E-state index contributed by atoms with van der Waals surface area (Å²) in [5.74, 6) is 1.32. The predicted molar refractivity (Wildman–Crippen MR) is 54.8 cm³/mol. The minimum Gasteiger partial charge on any atom is -0.234 e. The van der Waals surface area contributed by atoms with Gasteiger partial charge in [-0.2, -0.15) is 0 Å². The van der Waals surface area contributed by atoms with E-state index in [2.05, 4.69) is 57.7 Å². The van der Waals surface area contributed by atoms with Crippen LogP contribution in [0, 0.1) is 20.8 Å². The molecule has 2 nitrogen and oxygen atoms in total. The van der Waals surface area contributed by atoms with Crippen LogP contribution in [0.1, 0.15) is 38.0 Å². The van der Waals surface area contributed by atoms with Gasteiger partial charge in [0.15, 0.2) is 0 Å². The summed E-state index contributed by atoms with van der Waals surface area (Å²) in [5, 5.41) is 0. The van der Waals surface area contributed by atoms with Gasteiger partial charge in [-0.05, 0) is 20.8 Å². The Bertz CT molecular complexity index is 301. The number of aromatic nitrogens is 2. The third kappa shape index (κ3) is 1.50. The minimum atomic E-state index is 0.181. The second-order valence-electron chi connectivity index (χ2n) is 4.78. The van der Waals surface area contributed by atoms with Crippen molar-refractivity contribution in [1.29, 1.82) is 0 Å². The van der Waals surface area contributed by atoms with Gasteiger partial charge in [0.25, 0.3) is 5.82 Å². The van der Waals surface area contributed by atoms with Crippen LogP contribution in [0.5, 0.6) is 0 Å². The maximum Gasteiger partial charge on any atom is 0.253 e. The summed E-state index contributed by atoms with van der Waals surface area (Å²) in [6.45, 7) is 13.3. The second kappa shape index (κ2) is 2.86. The van der Waals surface area contributed by atoms with Gasteiger partial charge in [0.05, 0.1) is 7.05 Å². The number of imidazole rings is 1. The minimum absolute atomic E-state index is 0.181. The maximum atomic E-state index is 2.39. The number of hydrogen-bond donors (Lipinski definition) is 0. The molecule has 0 saturated carbocycles. The Labute approximate surface area is 81.2 Å². The normalized spacial score (nSPS) is 12.2. The van der Waals surface area contributed by atoms with Gasteiger partial charge in [0.2, 0.25) is 0 Å². The lowest BCUT2D eigenvalue weighted by atomic mass is 10.1. The fourth-order valence-corrected chi connectivity index (χ4v) is 2.03. The highest BCUT2D eigenvalue weighted by atomic mass is 15.2. The molecular formula is C11H21N2+. The number of nitrogens with zero attached hydrogens (tertiary/aromatic N) is 2. The first kappa shape index (κ1) is 10.3. The molecule has 0 spiro atoms. The Morgan fingerprint density at radius 2 is 1.54 bits per heavy atom. The van der Waals surface area contributed by atoms with Crippen LogP contribution in [0.25, 0.3) is 0 Å². The molecule has 1 aromatic rings. The monoisotopic (exact) mass is 181 g/mol. The quantitative estimate of drug-likeness (QED) is 0.541. The van der Waals surface area contributed by atoms with E-state index < -0.39 is 0 Å². The lowest BCUT2D eigenvalue weighted by molar-refractivity contribution is -0.683. The molecule has 0 unspecified atom stereocenters. The third-order valence-electron chi connectivity index (χ3n) is 2.84. The van der Waals surface area contributed by atoms with Crippen LogP contribution < -0.4 is 4.57 Å². The van der Waals surface area contributed by atoms with Crippen molar-refractivity contribution >= 4 is 0 Å². The van der Waals surface area contributed by atoms with Crippen molar-refractivity contribution in [1.82, 2.24) is 4.57 Å². The smallest absolute Gasteiger partial charge is 0.234 e. The topological polar surface area (TPSA) is 8.81 Å². The van der Waals surface area contributed by atoms with Gasteiger partial charge in [0, 0.05) is 20.8 Å². The zero-order valence-electron chi connectivity index (χ0n) is 9.89. The summed E-state index contributed by atoms with van der Waals surface area (Å²) in [7, 11) is 2.12. The van der Waals surface area contributed by atoms with Gasteiger partial charge >= 0.3 is 0 Å². The van der Waals surface area contributed by atoms with Crippen LogP contribution in [0.4, 0.5) is 0 Å². The average molecular weight is 181 g/mol. The zero-order valence-corrected chi connectivity index (χ0v) is 9.89. The van der Waals surface area contributed by atoms with Gasteiger partial charge in [-0.1, -0.05) is 0 Å². The molecule has 1 rings (SSSR count). The van der Waals surface area contributed by atoms with E-state index >= 15 is 0 Å². The molecule has 0 aliphatic carbocycles. The second-order valence-corrected chi connectivity index (χ2v) is 4.78. The van der Waals surface area contributed by atoms with Crippen LogP contribution in [-0.4, -0.2) is 4.57 Å². The fraction of sp³-hybridized carbons (Fsp3) is 0.727. The van der Waals surface area contributed by atoms with Crippen molar-refractivity contribution in [2.24, 2.45) is 7.05 Å². The molecule has 0 bridgehead atoms. The molecule has 13 heavy (non-hydrogen) atoms. The SMILES string of the molecule is Cc1c(C)[n+](C)c(C)n1C(C)(C)C. The van der Waals surface area contributed by atoms with E-state index in [4.69, 9.17) is 0 Å². The van der Waals surface area contributed by atoms with Gasteiger partial charge in [-0.25, -0.2) is 9.13 Å². The van der Waals surface area contributed by atoms with Crippen molar-refractivity contribution in [2.45, 2.75) is 47.1 Å². The van der Waals surface area contributed by atoms with Crippen LogP contribution in [0.15, 0.2) is 0 Å². The Morgan fingerprint density at radius 3 is 1.69 bits per heavy atom. The third-order valence-corrected chi connectivity index (χ3v) is 2.84. The molecule has 2 heteroatoms. The van der Waals surface area contributed by atoms with Gasteiger partial charge in [-0.3, -0.25) is 0 Å². The van der Waals surface area contributed by atoms with E-state index in [0.29, 0.717) is 0 Å². The molecule has 74 valence electrons. The summed E-state index contributed by atoms with van der Waals surface area (Å²) in [6.07, 6.45) is 0. The van der Waals surface area contributed by atoms with Crippen molar-refractivity contribution in [3.63, 3.8) is 0 Å². The summed E-state index contributed by atoms with van der Waals surface area (Å²) in [4.78, 5) is 0. The molecular weight excluding hydrogens is 160 g/mol. The molecule has 0 atom stereocenters. The van der Waals surface area contributed by atoms with E-state index in [-0.39, 0.29) is 5.54 Å². The molecule has 0 aliphatic heterocycles. The maximum absolute atomic E-state index is 2.39. The summed E-state index contributed by atoms with van der Waals surface area (Å²) < 4.78 is 4.64. The van der Waals surface area contributed by atoms with Crippen LogP contribution in [0.2, 0.25) is 0 Å². The number of hydrogen-bond acceptors (Lipinski definition) is 0. The molecule has 0 aromatic carbocycles. The van der Waals surface area contributed by atoms with Crippen molar-refractivity contribution in [3.8, 4) is 0 Å². The van der Waals surface area contributed by atoms with Crippen molar-refractivity contribution < 1.29 is 4.57 Å². The molecule has 0 fully saturated rings. The van der Waals surface area contributed by atoms with Crippen LogP contribution in [-0.2, 0) is 12.6 Å². The first-order valence-corrected chi connectivity index (χ1v) is 4.82. The molecule has 0 amide bonds. The van der Waals surface area contributed by atoms with Crippen molar-refractivity contribution in [3.05, 3.63) is 17.2 Å². The Balaban J connectivity index is 3.47. The molecule has 1 aromatic heterocycles. The lowest BCUT2D eigenvalue weighted by Gasteiger charge is -2.17. The van der Waals surface area contributed by atoms with E-state index in [1.165, 1.54) is 17.2 Å². The van der Waals surface area contributed by atoms with Gasteiger partial charge in [0.1, 0.15) is 16.9 Å².